The lowest BCUT2D eigenvalue weighted by molar-refractivity contribution is -0.0241. The Morgan fingerprint density at radius 2 is 2.33 bits per heavy atom. The normalized spacial score (nSPS) is 26.9. The first-order chi connectivity index (χ1) is 10.1. The van der Waals surface area contributed by atoms with E-state index in [0.29, 0.717) is 17.4 Å². The van der Waals surface area contributed by atoms with E-state index < -0.39 is 10.0 Å². The standard InChI is InChI=1S/C14H22N2O3S2/c1-2-15-9-11-8-14(20-10-11)21(17,18)16-6-7-19-13-5-3-4-12(13)16/h8,10,12-13,15H,2-7,9H2,1H3. The van der Waals surface area contributed by atoms with Crippen LogP contribution in [0, 0.1) is 0 Å². The molecular formula is C14H22N2O3S2. The van der Waals surface area contributed by atoms with Crippen LogP contribution in [0.1, 0.15) is 31.7 Å². The Kier molecular flexibility index (Phi) is 4.66. The van der Waals surface area contributed by atoms with Crippen molar-refractivity contribution in [3.8, 4) is 0 Å². The Balaban J connectivity index is 1.80. The minimum absolute atomic E-state index is 0.0306. The molecule has 0 radical (unpaired) electrons. The van der Waals surface area contributed by atoms with Crippen molar-refractivity contribution >= 4 is 21.4 Å². The lowest BCUT2D eigenvalue weighted by atomic mass is 10.2. The summed E-state index contributed by atoms with van der Waals surface area (Å²) in [4.78, 5) is 0. The van der Waals surface area contributed by atoms with E-state index in [-0.39, 0.29) is 12.1 Å². The maximum atomic E-state index is 12.9. The number of sulfonamides is 1. The fraction of sp³-hybridized carbons (Fsp3) is 0.714. The fourth-order valence-corrected chi connectivity index (χ4v) is 6.15. The van der Waals surface area contributed by atoms with Crippen LogP contribution < -0.4 is 5.32 Å². The lowest BCUT2D eigenvalue weighted by Gasteiger charge is -2.36. The number of ether oxygens (including phenoxy) is 1. The van der Waals surface area contributed by atoms with Gasteiger partial charge in [0.15, 0.2) is 0 Å². The van der Waals surface area contributed by atoms with Gasteiger partial charge in [0.1, 0.15) is 4.21 Å². The minimum atomic E-state index is -3.38. The summed E-state index contributed by atoms with van der Waals surface area (Å²) in [5.41, 5.74) is 1.04. The molecule has 1 aromatic heterocycles. The number of fused-ring (bicyclic) bond motifs is 1. The second-order valence-corrected chi connectivity index (χ2v) is 8.61. The summed E-state index contributed by atoms with van der Waals surface area (Å²) in [5.74, 6) is 0. The SMILES string of the molecule is CCNCc1csc(S(=O)(=O)N2CCOC3CCCC32)c1. The van der Waals surface area contributed by atoms with E-state index >= 15 is 0 Å². The van der Waals surface area contributed by atoms with Crippen LogP contribution in [0.3, 0.4) is 0 Å². The molecular weight excluding hydrogens is 308 g/mol. The zero-order valence-electron chi connectivity index (χ0n) is 12.2. The molecule has 1 saturated carbocycles. The average molecular weight is 330 g/mol. The van der Waals surface area contributed by atoms with Crippen LogP contribution in [0.4, 0.5) is 0 Å². The highest BCUT2D eigenvalue weighted by atomic mass is 32.2. The predicted molar refractivity (Wildman–Crippen MR) is 83.0 cm³/mol. The first kappa shape index (κ1) is 15.4. The van der Waals surface area contributed by atoms with Gasteiger partial charge >= 0.3 is 0 Å². The van der Waals surface area contributed by atoms with Crippen LogP contribution in [0.15, 0.2) is 15.7 Å². The molecule has 5 nitrogen and oxygen atoms in total. The molecule has 1 N–H and O–H groups in total. The van der Waals surface area contributed by atoms with Crippen LogP contribution in [-0.4, -0.2) is 44.6 Å². The van der Waals surface area contributed by atoms with E-state index in [1.807, 2.05) is 18.4 Å². The van der Waals surface area contributed by atoms with Gasteiger partial charge in [-0.05, 0) is 42.8 Å². The van der Waals surface area contributed by atoms with E-state index in [4.69, 9.17) is 4.74 Å². The molecule has 2 atom stereocenters. The number of nitrogens with zero attached hydrogens (tertiary/aromatic N) is 1. The molecule has 1 aromatic rings. The van der Waals surface area contributed by atoms with Gasteiger partial charge in [-0.25, -0.2) is 8.42 Å². The van der Waals surface area contributed by atoms with Crippen LogP contribution >= 0.6 is 11.3 Å². The minimum Gasteiger partial charge on any atom is -0.375 e. The first-order valence-electron chi connectivity index (χ1n) is 7.54. The number of hydrogen-bond acceptors (Lipinski definition) is 5. The van der Waals surface area contributed by atoms with Gasteiger partial charge in [0.05, 0.1) is 18.8 Å². The summed E-state index contributed by atoms with van der Waals surface area (Å²) in [6, 6.07) is 1.84. The third-order valence-corrected chi connectivity index (χ3v) is 7.59. The van der Waals surface area contributed by atoms with Crippen LogP contribution in [0.5, 0.6) is 0 Å². The molecule has 1 aliphatic heterocycles. The lowest BCUT2D eigenvalue weighted by Crippen LogP contribution is -2.50. The molecule has 7 heteroatoms. The molecule has 1 aliphatic carbocycles. The van der Waals surface area contributed by atoms with Gasteiger partial charge in [-0.1, -0.05) is 6.92 Å². The van der Waals surface area contributed by atoms with Gasteiger partial charge < -0.3 is 10.1 Å². The Bertz CT molecular complexity index is 585. The second-order valence-electron chi connectivity index (χ2n) is 5.58. The summed E-state index contributed by atoms with van der Waals surface area (Å²) in [6.07, 6.45) is 3.04. The molecule has 2 fully saturated rings. The van der Waals surface area contributed by atoms with Gasteiger partial charge in [0.2, 0.25) is 0 Å². The summed E-state index contributed by atoms with van der Waals surface area (Å²) in [5, 5.41) is 5.16. The molecule has 0 spiro atoms. The Labute approximate surface area is 130 Å². The molecule has 2 unspecified atom stereocenters. The number of hydrogen-bond donors (Lipinski definition) is 1. The molecule has 2 aliphatic rings. The molecule has 1 saturated heterocycles. The van der Waals surface area contributed by atoms with E-state index in [9.17, 15) is 8.42 Å². The zero-order valence-corrected chi connectivity index (χ0v) is 13.9. The molecule has 3 rings (SSSR count). The summed E-state index contributed by atoms with van der Waals surface area (Å²) < 4.78 is 33.6. The van der Waals surface area contributed by atoms with Crippen LogP contribution in [0.2, 0.25) is 0 Å². The van der Waals surface area contributed by atoms with Crippen LogP contribution in [-0.2, 0) is 21.3 Å². The van der Waals surface area contributed by atoms with Crippen molar-refractivity contribution in [2.75, 3.05) is 19.7 Å². The van der Waals surface area contributed by atoms with E-state index in [1.165, 1.54) is 11.3 Å². The molecule has 2 heterocycles. The Hall–Kier alpha value is -0.470. The number of morpholine rings is 1. The van der Waals surface area contributed by atoms with E-state index in [0.717, 1.165) is 37.9 Å². The second kappa shape index (κ2) is 6.34. The van der Waals surface area contributed by atoms with Gasteiger partial charge in [-0.3, -0.25) is 0 Å². The smallest absolute Gasteiger partial charge is 0.252 e. The zero-order chi connectivity index (χ0) is 14.9. The Morgan fingerprint density at radius 3 is 3.14 bits per heavy atom. The third-order valence-electron chi connectivity index (χ3n) is 4.20. The van der Waals surface area contributed by atoms with E-state index in [1.54, 1.807) is 4.31 Å². The summed E-state index contributed by atoms with van der Waals surface area (Å²) in [7, 11) is -3.38. The van der Waals surface area contributed by atoms with Gasteiger partial charge in [0, 0.05) is 13.1 Å². The highest BCUT2D eigenvalue weighted by molar-refractivity contribution is 7.91. The quantitative estimate of drug-likeness (QED) is 0.894. The van der Waals surface area contributed by atoms with Crippen molar-refractivity contribution in [1.29, 1.82) is 0 Å². The molecule has 21 heavy (non-hydrogen) atoms. The van der Waals surface area contributed by atoms with Crippen molar-refractivity contribution in [2.45, 2.75) is 49.1 Å². The van der Waals surface area contributed by atoms with Crippen molar-refractivity contribution in [2.24, 2.45) is 0 Å². The molecule has 0 bridgehead atoms. The highest BCUT2D eigenvalue weighted by Crippen LogP contribution is 2.34. The van der Waals surface area contributed by atoms with Crippen molar-refractivity contribution < 1.29 is 13.2 Å². The average Bonchev–Trinajstić information content (AvgIpc) is 3.13. The fourth-order valence-electron chi connectivity index (χ4n) is 3.15. The van der Waals surface area contributed by atoms with Gasteiger partial charge in [-0.2, -0.15) is 4.31 Å². The first-order valence-corrected chi connectivity index (χ1v) is 9.86. The summed E-state index contributed by atoms with van der Waals surface area (Å²) >= 11 is 1.32. The number of nitrogens with one attached hydrogen (secondary N) is 1. The maximum Gasteiger partial charge on any atom is 0.252 e. The Morgan fingerprint density at radius 1 is 1.48 bits per heavy atom. The highest BCUT2D eigenvalue weighted by Gasteiger charge is 2.42. The largest absolute Gasteiger partial charge is 0.375 e. The van der Waals surface area contributed by atoms with Crippen molar-refractivity contribution in [3.63, 3.8) is 0 Å². The molecule has 118 valence electrons. The summed E-state index contributed by atoms with van der Waals surface area (Å²) in [6.45, 7) is 4.63. The van der Waals surface area contributed by atoms with Gasteiger partial charge in [-0.15, -0.1) is 11.3 Å². The van der Waals surface area contributed by atoms with Crippen LogP contribution in [0.25, 0.3) is 0 Å². The van der Waals surface area contributed by atoms with E-state index in [2.05, 4.69) is 5.32 Å². The monoisotopic (exact) mass is 330 g/mol. The topological polar surface area (TPSA) is 58.6 Å². The van der Waals surface area contributed by atoms with Crippen molar-refractivity contribution in [3.05, 3.63) is 17.0 Å². The number of thiophene rings is 1. The van der Waals surface area contributed by atoms with Crippen molar-refractivity contribution in [1.82, 2.24) is 9.62 Å². The number of rotatable bonds is 5. The maximum absolute atomic E-state index is 12.9. The van der Waals surface area contributed by atoms with Gasteiger partial charge in [0.25, 0.3) is 10.0 Å². The molecule has 0 amide bonds. The predicted octanol–water partition coefficient (Wildman–Crippen LogP) is 1.80. The third kappa shape index (κ3) is 3.03. The molecule has 0 aromatic carbocycles.